The summed E-state index contributed by atoms with van der Waals surface area (Å²) in [5.74, 6) is -1.73. The van der Waals surface area contributed by atoms with Gasteiger partial charge in [0.25, 0.3) is 5.56 Å². The number of aromatic hydroxyl groups is 1. The number of thiazole rings is 1. The third-order valence-electron chi connectivity index (χ3n) is 5.27. The SMILES string of the molecule is CCOC(=O)C1=C(C)N=c2s/c(=C\c3cc(Br)cc([N+](=O)[O-])c3O)c(=O)n2[C@@H]1c1ccc(F)cc1. The molecule has 0 amide bonds. The number of aromatic nitrogens is 1. The lowest BCUT2D eigenvalue weighted by atomic mass is 9.96. The number of rotatable bonds is 5. The molecule has 180 valence electrons. The molecule has 1 aliphatic heterocycles. The summed E-state index contributed by atoms with van der Waals surface area (Å²) in [4.78, 5) is 41.6. The molecule has 0 radical (unpaired) electrons. The van der Waals surface area contributed by atoms with Crippen LogP contribution in [0.5, 0.6) is 5.75 Å². The van der Waals surface area contributed by atoms with Gasteiger partial charge in [0, 0.05) is 16.1 Å². The predicted molar refractivity (Wildman–Crippen MR) is 129 cm³/mol. The molecule has 3 aromatic rings. The van der Waals surface area contributed by atoms with Crippen molar-refractivity contribution in [1.82, 2.24) is 4.57 Å². The number of nitro groups is 1. The third kappa shape index (κ3) is 4.54. The van der Waals surface area contributed by atoms with Gasteiger partial charge in [-0.3, -0.25) is 19.5 Å². The van der Waals surface area contributed by atoms with Crippen LogP contribution < -0.4 is 14.9 Å². The van der Waals surface area contributed by atoms with Gasteiger partial charge in [-0.2, -0.15) is 0 Å². The van der Waals surface area contributed by atoms with Crippen LogP contribution in [0.2, 0.25) is 0 Å². The van der Waals surface area contributed by atoms with Gasteiger partial charge in [0.1, 0.15) is 5.82 Å². The zero-order valence-corrected chi connectivity index (χ0v) is 20.7. The molecule has 2 heterocycles. The van der Waals surface area contributed by atoms with Crippen LogP contribution in [0.1, 0.15) is 31.0 Å². The van der Waals surface area contributed by atoms with E-state index >= 15 is 0 Å². The molecule has 1 atom stereocenters. The van der Waals surface area contributed by atoms with Crippen molar-refractivity contribution in [3.63, 3.8) is 0 Å². The lowest BCUT2D eigenvalue weighted by Crippen LogP contribution is -2.39. The minimum atomic E-state index is -0.932. The van der Waals surface area contributed by atoms with Crippen molar-refractivity contribution in [3.05, 3.63) is 98.9 Å². The largest absolute Gasteiger partial charge is 0.502 e. The molecular weight excluding hydrogens is 545 g/mol. The molecule has 0 aliphatic carbocycles. The van der Waals surface area contributed by atoms with E-state index in [0.29, 0.717) is 15.7 Å². The maximum absolute atomic E-state index is 13.6. The first-order valence-electron chi connectivity index (χ1n) is 10.2. The van der Waals surface area contributed by atoms with Crippen molar-refractivity contribution in [2.45, 2.75) is 19.9 Å². The molecule has 9 nitrogen and oxygen atoms in total. The number of fused-ring (bicyclic) bond motifs is 1. The van der Waals surface area contributed by atoms with Gasteiger partial charge in [-0.25, -0.2) is 14.2 Å². The molecule has 4 rings (SSSR count). The number of halogens is 2. The van der Waals surface area contributed by atoms with Gasteiger partial charge in [0.05, 0.1) is 33.4 Å². The zero-order chi connectivity index (χ0) is 25.4. The van der Waals surface area contributed by atoms with Crippen molar-refractivity contribution in [2.75, 3.05) is 6.61 Å². The topological polar surface area (TPSA) is 124 Å². The average molecular weight is 562 g/mol. The van der Waals surface area contributed by atoms with E-state index in [9.17, 15) is 29.2 Å². The van der Waals surface area contributed by atoms with Gasteiger partial charge >= 0.3 is 11.7 Å². The van der Waals surface area contributed by atoms with E-state index in [1.807, 2.05) is 0 Å². The molecule has 0 spiro atoms. The number of carbonyl (C=O) groups excluding carboxylic acids is 1. The summed E-state index contributed by atoms with van der Waals surface area (Å²) in [5, 5.41) is 21.7. The normalized spacial score (nSPS) is 15.5. The average Bonchev–Trinajstić information content (AvgIpc) is 3.10. The van der Waals surface area contributed by atoms with Crippen LogP contribution in [-0.2, 0) is 9.53 Å². The number of nitrogens with zero attached hydrogens (tertiary/aromatic N) is 3. The standard InChI is InChI=1S/C23H17BrFN3O6S/c1-3-34-22(31)18-11(2)26-23-27(19(18)12-4-6-15(25)7-5-12)21(30)17(35-23)9-13-8-14(24)10-16(20(13)29)28(32)33/h4-10,19,29H,3H2,1-2H3/b17-9-/t19-/m1/s1. The molecule has 0 fully saturated rings. The molecule has 0 saturated heterocycles. The summed E-state index contributed by atoms with van der Waals surface area (Å²) >= 11 is 4.16. The van der Waals surface area contributed by atoms with Crippen molar-refractivity contribution in [1.29, 1.82) is 0 Å². The van der Waals surface area contributed by atoms with Crippen molar-refractivity contribution >= 4 is 45.0 Å². The fourth-order valence-electron chi connectivity index (χ4n) is 3.75. The van der Waals surface area contributed by atoms with E-state index < -0.39 is 39.7 Å². The van der Waals surface area contributed by atoms with E-state index in [2.05, 4.69) is 20.9 Å². The number of benzene rings is 2. The van der Waals surface area contributed by atoms with Gasteiger partial charge in [-0.1, -0.05) is 39.4 Å². The number of esters is 1. The minimum absolute atomic E-state index is 0.0519. The molecule has 35 heavy (non-hydrogen) atoms. The Hall–Kier alpha value is -3.64. The van der Waals surface area contributed by atoms with Crippen molar-refractivity contribution < 1.29 is 24.0 Å². The van der Waals surface area contributed by atoms with Crippen LogP contribution in [-0.4, -0.2) is 27.2 Å². The second kappa shape index (κ2) is 9.55. The van der Waals surface area contributed by atoms with Crippen LogP contribution in [0.3, 0.4) is 0 Å². The Balaban J connectivity index is 1.98. The van der Waals surface area contributed by atoms with E-state index in [4.69, 9.17) is 4.74 Å². The Morgan fingerprint density at radius 3 is 2.69 bits per heavy atom. The first-order chi connectivity index (χ1) is 16.6. The van der Waals surface area contributed by atoms with Crippen LogP contribution in [0.15, 0.2) is 61.9 Å². The van der Waals surface area contributed by atoms with Gasteiger partial charge in [0.2, 0.25) is 5.75 Å². The molecule has 2 aromatic carbocycles. The first-order valence-corrected chi connectivity index (χ1v) is 11.8. The van der Waals surface area contributed by atoms with Crippen molar-refractivity contribution in [2.24, 2.45) is 4.99 Å². The summed E-state index contributed by atoms with van der Waals surface area (Å²) in [6, 6.07) is 7.05. The highest BCUT2D eigenvalue weighted by Crippen LogP contribution is 2.34. The fourth-order valence-corrected chi connectivity index (χ4v) is 5.25. The number of phenols is 1. The van der Waals surface area contributed by atoms with Gasteiger partial charge in [0.15, 0.2) is 4.80 Å². The minimum Gasteiger partial charge on any atom is -0.502 e. The highest BCUT2D eigenvalue weighted by Gasteiger charge is 2.33. The Bertz CT molecular complexity index is 1580. The third-order valence-corrected chi connectivity index (χ3v) is 6.71. The van der Waals surface area contributed by atoms with E-state index in [-0.39, 0.29) is 27.1 Å². The summed E-state index contributed by atoms with van der Waals surface area (Å²) in [5.41, 5.74) is -0.0688. The molecule has 1 aliphatic rings. The molecule has 0 saturated carbocycles. The summed E-state index contributed by atoms with van der Waals surface area (Å²) in [6.45, 7) is 3.38. The summed E-state index contributed by atoms with van der Waals surface area (Å²) in [7, 11) is 0. The molecule has 1 N–H and O–H groups in total. The van der Waals surface area contributed by atoms with Crippen LogP contribution in [0.4, 0.5) is 10.1 Å². The number of hydrogen-bond donors (Lipinski definition) is 1. The highest BCUT2D eigenvalue weighted by atomic mass is 79.9. The molecular formula is C23H17BrFN3O6S. The lowest BCUT2D eigenvalue weighted by Gasteiger charge is -2.24. The number of allylic oxidation sites excluding steroid dienone is 1. The van der Waals surface area contributed by atoms with Crippen LogP contribution >= 0.6 is 27.3 Å². The second-order valence-corrected chi connectivity index (χ2v) is 9.40. The number of carbonyl (C=O) groups is 1. The Morgan fingerprint density at radius 2 is 2.06 bits per heavy atom. The van der Waals surface area contributed by atoms with Gasteiger partial charge < -0.3 is 9.84 Å². The monoisotopic (exact) mass is 561 g/mol. The molecule has 0 unspecified atom stereocenters. The first kappa shape index (κ1) is 24.5. The van der Waals surface area contributed by atoms with E-state index in [1.165, 1.54) is 41.0 Å². The second-order valence-electron chi connectivity index (χ2n) is 7.47. The van der Waals surface area contributed by atoms with Crippen molar-refractivity contribution in [3.8, 4) is 5.75 Å². The zero-order valence-electron chi connectivity index (χ0n) is 18.3. The van der Waals surface area contributed by atoms with E-state index in [0.717, 1.165) is 17.4 Å². The highest BCUT2D eigenvalue weighted by molar-refractivity contribution is 9.10. The maximum atomic E-state index is 13.6. The van der Waals surface area contributed by atoms with Crippen LogP contribution in [0, 0.1) is 15.9 Å². The maximum Gasteiger partial charge on any atom is 0.338 e. The molecule has 12 heteroatoms. The number of phenolic OH excluding ortho intramolecular Hbond substituents is 1. The Labute approximate surface area is 209 Å². The number of ether oxygens (including phenoxy) is 1. The quantitative estimate of drug-likeness (QED) is 0.289. The Morgan fingerprint density at radius 1 is 1.37 bits per heavy atom. The predicted octanol–water partition coefficient (Wildman–Crippen LogP) is 3.31. The number of hydrogen-bond acceptors (Lipinski definition) is 8. The number of nitro benzene ring substituents is 1. The Kier molecular flexibility index (Phi) is 6.68. The fraction of sp³-hybridized carbons (Fsp3) is 0.174. The smallest absolute Gasteiger partial charge is 0.338 e. The lowest BCUT2D eigenvalue weighted by molar-refractivity contribution is -0.385. The van der Waals surface area contributed by atoms with Gasteiger partial charge in [-0.15, -0.1) is 0 Å². The summed E-state index contributed by atoms with van der Waals surface area (Å²) < 4.78 is 20.6. The molecule has 0 bridgehead atoms. The van der Waals surface area contributed by atoms with E-state index in [1.54, 1.807) is 13.8 Å². The van der Waals surface area contributed by atoms with Gasteiger partial charge in [-0.05, 0) is 43.7 Å². The summed E-state index contributed by atoms with van der Waals surface area (Å²) in [6.07, 6.45) is 1.32. The molecule has 1 aromatic heterocycles. The van der Waals surface area contributed by atoms with Crippen LogP contribution in [0.25, 0.3) is 6.08 Å².